The highest BCUT2D eigenvalue weighted by Gasteiger charge is 2.21. The fourth-order valence-corrected chi connectivity index (χ4v) is 3.60. The molecule has 10 heteroatoms. The quantitative estimate of drug-likeness (QED) is 0.409. The van der Waals surface area contributed by atoms with E-state index in [0.29, 0.717) is 18.1 Å². The predicted molar refractivity (Wildman–Crippen MR) is 114 cm³/mol. The van der Waals surface area contributed by atoms with Crippen molar-refractivity contribution in [2.45, 2.75) is 33.4 Å². The molecule has 0 amide bonds. The van der Waals surface area contributed by atoms with E-state index in [2.05, 4.69) is 4.98 Å². The topological polar surface area (TPSA) is 61.8 Å². The molecule has 0 aliphatic heterocycles. The van der Waals surface area contributed by atoms with E-state index < -0.39 is 34.5 Å². The van der Waals surface area contributed by atoms with Gasteiger partial charge in [0.25, 0.3) is 5.56 Å². The molecule has 0 spiro atoms. The van der Waals surface area contributed by atoms with Crippen LogP contribution in [0.1, 0.15) is 25.8 Å². The summed E-state index contributed by atoms with van der Waals surface area (Å²) in [5.74, 6) is -3.70. The van der Waals surface area contributed by atoms with E-state index in [0.717, 1.165) is 33.4 Å². The van der Waals surface area contributed by atoms with Crippen molar-refractivity contribution in [1.29, 1.82) is 0 Å². The smallest absolute Gasteiger partial charge is 0.320 e. The lowest BCUT2D eigenvalue weighted by molar-refractivity contribution is 0.489. The Kier molecular flexibility index (Phi) is 5.92. The Morgan fingerprint density at radius 1 is 0.939 bits per heavy atom. The molecule has 0 aliphatic carbocycles. The molecule has 0 bridgehead atoms. The van der Waals surface area contributed by atoms with Gasteiger partial charge >= 0.3 is 5.69 Å². The molecule has 0 N–H and O–H groups in total. The average Bonchev–Trinajstić information content (AvgIpc) is 3.15. The summed E-state index contributed by atoms with van der Waals surface area (Å²) in [7, 11) is 0. The van der Waals surface area contributed by atoms with Crippen LogP contribution in [0.25, 0.3) is 16.9 Å². The molecule has 4 rings (SSSR count). The standard InChI is InChI=1S/C23H20F4N4O2/c1-13(2)7-8-30-22(32)20-21(31(23(30)33)19-6-4-15(24)10-18(19)27)28-12-29(20)11-14-3-5-16(25)17(26)9-14/h3-6,9-10,12-13H,7-8,11H2,1-2H3. The summed E-state index contributed by atoms with van der Waals surface area (Å²) in [4.78, 5) is 30.6. The Morgan fingerprint density at radius 2 is 1.70 bits per heavy atom. The monoisotopic (exact) mass is 460 g/mol. The van der Waals surface area contributed by atoms with Gasteiger partial charge in [0.15, 0.2) is 22.8 Å². The molecule has 0 aliphatic rings. The third-order valence-electron chi connectivity index (χ3n) is 5.32. The van der Waals surface area contributed by atoms with Gasteiger partial charge in [-0.2, -0.15) is 0 Å². The highest BCUT2D eigenvalue weighted by atomic mass is 19.2. The van der Waals surface area contributed by atoms with Gasteiger partial charge in [-0.25, -0.2) is 31.9 Å². The normalized spacial score (nSPS) is 11.6. The summed E-state index contributed by atoms with van der Waals surface area (Å²) < 4.78 is 58.4. The van der Waals surface area contributed by atoms with Crippen LogP contribution in [0.2, 0.25) is 0 Å². The first kappa shape index (κ1) is 22.5. The molecule has 0 saturated heterocycles. The maximum atomic E-state index is 14.6. The summed E-state index contributed by atoms with van der Waals surface area (Å²) in [5, 5.41) is 0. The van der Waals surface area contributed by atoms with Crippen LogP contribution < -0.4 is 11.2 Å². The van der Waals surface area contributed by atoms with E-state index in [1.807, 2.05) is 13.8 Å². The third-order valence-corrected chi connectivity index (χ3v) is 5.32. The maximum absolute atomic E-state index is 14.6. The van der Waals surface area contributed by atoms with Gasteiger partial charge in [-0.1, -0.05) is 19.9 Å². The van der Waals surface area contributed by atoms with Crippen molar-refractivity contribution in [3.05, 3.63) is 92.4 Å². The lowest BCUT2D eigenvalue weighted by Crippen LogP contribution is -2.40. The molecule has 0 unspecified atom stereocenters. The van der Waals surface area contributed by atoms with Crippen molar-refractivity contribution in [2.24, 2.45) is 5.92 Å². The number of halogens is 4. The summed E-state index contributed by atoms with van der Waals surface area (Å²) in [6.45, 7) is 3.88. The molecule has 6 nitrogen and oxygen atoms in total. The minimum atomic E-state index is -1.04. The fourth-order valence-electron chi connectivity index (χ4n) is 3.60. The van der Waals surface area contributed by atoms with Crippen LogP contribution >= 0.6 is 0 Å². The van der Waals surface area contributed by atoms with E-state index >= 15 is 0 Å². The Labute approximate surface area is 185 Å². The average molecular weight is 460 g/mol. The van der Waals surface area contributed by atoms with Crippen LogP contribution in [0.15, 0.2) is 52.3 Å². The number of rotatable bonds is 6. The fraction of sp³-hybridized carbons (Fsp3) is 0.261. The van der Waals surface area contributed by atoms with Gasteiger partial charge in [0, 0.05) is 19.2 Å². The lowest BCUT2D eigenvalue weighted by Gasteiger charge is -2.14. The largest absolute Gasteiger partial charge is 0.337 e. The van der Waals surface area contributed by atoms with Crippen molar-refractivity contribution in [2.75, 3.05) is 0 Å². The van der Waals surface area contributed by atoms with Crippen molar-refractivity contribution in [3.8, 4) is 5.69 Å². The summed E-state index contributed by atoms with van der Waals surface area (Å²) in [6.07, 6.45) is 1.77. The highest BCUT2D eigenvalue weighted by molar-refractivity contribution is 5.72. The first-order valence-electron chi connectivity index (χ1n) is 10.3. The Hall–Kier alpha value is -3.69. The van der Waals surface area contributed by atoms with Gasteiger partial charge < -0.3 is 4.57 Å². The van der Waals surface area contributed by atoms with Crippen LogP contribution in [0.3, 0.4) is 0 Å². The van der Waals surface area contributed by atoms with E-state index in [1.54, 1.807) is 0 Å². The molecular weight excluding hydrogens is 440 g/mol. The maximum Gasteiger partial charge on any atom is 0.337 e. The Bertz CT molecular complexity index is 1470. The molecule has 2 heterocycles. The Balaban J connectivity index is 1.97. The number of hydrogen-bond donors (Lipinski definition) is 0. The van der Waals surface area contributed by atoms with Crippen LogP contribution in [-0.2, 0) is 13.1 Å². The zero-order chi connectivity index (χ0) is 23.9. The van der Waals surface area contributed by atoms with Crippen LogP contribution in [0.5, 0.6) is 0 Å². The van der Waals surface area contributed by atoms with Crippen molar-refractivity contribution < 1.29 is 17.6 Å². The molecule has 2 aromatic carbocycles. The molecule has 0 fully saturated rings. The Morgan fingerprint density at radius 3 is 2.36 bits per heavy atom. The molecule has 172 valence electrons. The van der Waals surface area contributed by atoms with Crippen molar-refractivity contribution >= 4 is 11.2 Å². The third kappa shape index (κ3) is 4.20. The number of imidazole rings is 1. The predicted octanol–water partition coefficient (Wildman–Crippen LogP) is 4.00. The van der Waals surface area contributed by atoms with Crippen LogP contribution in [0.4, 0.5) is 17.6 Å². The van der Waals surface area contributed by atoms with Gasteiger partial charge in [-0.3, -0.25) is 9.36 Å². The van der Waals surface area contributed by atoms with Crippen LogP contribution in [0, 0.1) is 29.2 Å². The molecule has 4 aromatic rings. The molecule has 0 radical (unpaired) electrons. The second-order valence-electron chi connectivity index (χ2n) is 8.15. The second kappa shape index (κ2) is 8.68. The summed E-state index contributed by atoms with van der Waals surface area (Å²) in [5.41, 5.74) is -1.51. The van der Waals surface area contributed by atoms with Crippen molar-refractivity contribution in [1.82, 2.24) is 18.7 Å². The summed E-state index contributed by atoms with van der Waals surface area (Å²) >= 11 is 0. The molecule has 0 atom stereocenters. The SMILES string of the molecule is CC(C)CCn1c(=O)c2c(ncn2Cc2ccc(F)c(F)c2)n(-c2ccc(F)cc2F)c1=O. The summed E-state index contributed by atoms with van der Waals surface area (Å²) in [6, 6.07) is 6.05. The number of benzene rings is 2. The number of nitrogens with zero attached hydrogens (tertiary/aromatic N) is 4. The van der Waals surface area contributed by atoms with E-state index in [4.69, 9.17) is 0 Å². The first-order chi connectivity index (χ1) is 15.7. The van der Waals surface area contributed by atoms with Gasteiger partial charge in [-0.05, 0) is 42.2 Å². The van der Waals surface area contributed by atoms with E-state index in [1.165, 1.54) is 17.0 Å². The number of fused-ring (bicyclic) bond motifs is 1. The van der Waals surface area contributed by atoms with Gasteiger partial charge in [0.05, 0.1) is 12.0 Å². The van der Waals surface area contributed by atoms with Crippen LogP contribution in [-0.4, -0.2) is 18.7 Å². The zero-order valence-electron chi connectivity index (χ0n) is 17.9. The minimum Gasteiger partial charge on any atom is -0.320 e. The van der Waals surface area contributed by atoms with E-state index in [-0.39, 0.29) is 35.9 Å². The van der Waals surface area contributed by atoms with Gasteiger partial charge in [0.1, 0.15) is 11.6 Å². The number of aromatic nitrogens is 4. The lowest BCUT2D eigenvalue weighted by atomic mass is 10.1. The highest BCUT2D eigenvalue weighted by Crippen LogP contribution is 2.19. The molecule has 0 saturated carbocycles. The first-order valence-corrected chi connectivity index (χ1v) is 10.3. The van der Waals surface area contributed by atoms with Gasteiger partial charge in [0.2, 0.25) is 0 Å². The zero-order valence-corrected chi connectivity index (χ0v) is 17.9. The molecule has 2 aromatic heterocycles. The van der Waals surface area contributed by atoms with Crippen molar-refractivity contribution in [3.63, 3.8) is 0 Å². The second-order valence-corrected chi connectivity index (χ2v) is 8.15. The molecule has 33 heavy (non-hydrogen) atoms. The molecular formula is C23H20F4N4O2. The van der Waals surface area contributed by atoms with Gasteiger partial charge in [-0.15, -0.1) is 0 Å². The minimum absolute atomic E-state index is 0.0215. The number of hydrogen-bond acceptors (Lipinski definition) is 3. The van der Waals surface area contributed by atoms with E-state index in [9.17, 15) is 27.2 Å².